The molecule has 164 valence electrons. The lowest BCUT2D eigenvalue weighted by molar-refractivity contribution is -0.123. The molecule has 2 atom stereocenters. The summed E-state index contributed by atoms with van der Waals surface area (Å²) in [7, 11) is 0. The molecular formula is C21H21ClFN3O5. The predicted molar refractivity (Wildman–Crippen MR) is 111 cm³/mol. The van der Waals surface area contributed by atoms with Gasteiger partial charge in [0.1, 0.15) is 17.9 Å². The zero-order valence-corrected chi connectivity index (χ0v) is 17.6. The van der Waals surface area contributed by atoms with Crippen LogP contribution in [0.15, 0.2) is 10.9 Å². The summed E-state index contributed by atoms with van der Waals surface area (Å²) in [5.74, 6) is -1.32. The Bertz CT molecular complexity index is 1190. The van der Waals surface area contributed by atoms with Crippen LogP contribution in [0.1, 0.15) is 42.6 Å². The van der Waals surface area contributed by atoms with Crippen molar-refractivity contribution < 1.29 is 23.5 Å². The van der Waals surface area contributed by atoms with Gasteiger partial charge in [-0.05, 0) is 38.2 Å². The van der Waals surface area contributed by atoms with E-state index in [1.807, 2.05) is 4.90 Å². The zero-order chi connectivity index (χ0) is 22.1. The van der Waals surface area contributed by atoms with Crippen LogP contribution in [-0.2, 0) is 9.53 Å². The number of carbonyl (C=O) groups excluding carboxylic acids is 2. The molecule has 1 aliphatic carbocycles. The van der Waals surface area contributed by atoms with E-state index in [0.29, 0.717) is 18.6 Å². The van der Waals surface area contributed by atoms with Gasteiger partial charge in [0.15, 0.2) is 11.6 Å². The molecule has 2 N–H and O–H groups in total. The topological polar surface area (TPSA) is 104 Å². The lowest BCUT2D eigenvalue weighted by Gasteiger charge is -2.31. The summed E-state index contributed by atoms with van der Waals surface area (Å²) in [4.78, 5) is 37.7. The Labute approximate surface area is 181 Å². The molecule has 2 aromatic rings. The predicted octanol–water partition coefficient (Wildman–Crippen LogP) is 2.38. The van der Waals surface area contributed by atoms with Gasteiger partial charge in [0.05, 0.1) is 16.6 Å². The molecule has 10 heteroatoms. The molecule has 0 amide bonds. The summed E-state index contributed by atoms with van der Waals surface area (Å²) >= 11 is 6.41. The standard InChI is InChI=1S/C21H21ClFN3O5/c1-10-8-30-18-16-12(6-13(19(28)26(10)16)20(29)31-9-27)14(22)15(23)17(18)25-5-2-11(7-25)21(24)3-4-21/h6,9-11H,2-5,7-8,24H2,1H3/t10-,11+/m0/s1. The normalized spacial score (nSPS) is 23.5. The van der Waals surface area contributed by atoms with Crippen LogP contribution >= 0.6 is 11.6 Å². The van der Waals surface area contributed by atoms with Crippen LogP contribution in [0.25, 0.3) is 10.9 Å². The number of halogens is 2. The summed E-state index contributed by atoms with van der Waals surface area (Å²) in [6, 6.07) is 0.720. The molecule has 3 heterocycles. The highest BCUT2D eigenvalue weighted by Crippen LogP contribution is 2.49. The number of hydrogen-bond donors (Lipinski definition) is 1. The van der Waals surface area contributed by atoms with E-state index in [2.05, 4.69) is 4.74 Å². The largest absolute Gasteiger partial charge is 0.487 e. The van der Waals surface area contributed by atoms with E-state index in [4.69, 9.17) is 22.1 Å². The van der Waals surface area contributed by atoms with E-state index in [-0.39, 0.29) is 46.4 Å². The highest BCUT2D eigenvalue weighted by atomic mass is 35.5. The summed E-state index contributed by atoms with van der Waals surface area (Å²) < 4.78 is 27.2. The minimum Gasteiger partial charge on any atom is -0.487 e. The molecule has 8 nitrogen and oxygen atoms in total. The first-order valence-electron chi connectivity index (χ1n) is 10.2. The number of ether oxygens (including phenoxy) is 2. The maximum atomic E-state index is 15.6. The van der Waals surface area contributed by atoms with Gasteiger partial charge in [-0.3, -0.25) is 14.2 Å². The fourth-order valence-electron chi connectivity index (χ4n) is 4.83. The Morgan fingerprint density at radius 2 is 2.19 bits per heavy atom. The summed E-state index contributed by atoms with van der Waals surface area (Å²) in [5, 5.41) is -0.0761. The first-order chi connectivity index (χ1) is 14.8. The van der Waals surface area contributed by atoms with E-state index >= 15 is 4.39 Å². The van der Waals surface area contributed by atoms with Crippen LogP contribution in [0, 0.1) is 11.7 Å². The van der Waals surface area contributed by atoms with Gasteiger partial charge in [-0.1, -0.05) is 11.6 Å². The maximum absolute atomic E-state index is 15.6. The maximum Gasteiger partial charge on any atom is 0.351 e. The van der Waals surface area contributed by atoms with Crippen molar-refractivity contribution in [3.8, 4) is 5.75 Å². The first-order valence-corrected chi connectivity index (χ1v) is 10.6. The smallest absolute Gasteiger partial charge is 0.351 e. The lowest BCUT2D eigenvalue weighted by Crippen LogP contribution is -2.36. The van der Waals surface area contributed by atoms with Gasteiger partial charge in [-0.15, -0.1) is 0 Å². The number of anilines is 1. The average molecular weight is 450 g/mol. The second-order valence-corrected chi connectivity index (χ2v) is 9.01. The van der Waals surface area contributed by atoms with Crippen molar-refractivity contribution in [3.63, 3.8) is 0 Å². The van der Waals surface area contributed by atoms with Crippen molar-refractivity contribution in [2.75, 3.05) is 24.6 Å². The summed E-state index contributed by atoms with van der Waals surface area (Å²) in [6.07, 6.45) is 2.77. The van der Waals surface area contributed by atoms with Gasteiger partial charge in [-0.2, -0.15) is 0 Å². The quantitative estimate of drug-likeness (QED) is 0.434. The number of nitrogens with two attached hydrogens (primary N) is 1. The second kappa shape index (κ2) is 6.93. The number of nitrogens with zero attached hydrogens (tertiary/aromatic N) is 2. The minimum absolute atomic E-state index is 0.0562. The number of pyridine rings is 1. The Balaban J connectivity index is 1.73. The van der Waals surface area contributed by atoms with E-state index in [1.54, 1.807) is 6.92 Å². The van der Waals surface area contributed by atoms with Crippen LogP contribution in [0.2, 0.25) is 5.02 Å². The molecular weight excluding hydrogens is 429 g/mol. The van der Waals surface area contributed by atoms with E-state index in [9.17, 15) is 14.4 Å². The number of benzene rings is 1. The number of aromatic nitrogens is 1. The number of carbonyl (C=O) groups is 2. The summed E-state index contributed by atoms with van der Waals surface area (Å²) in [5.41, 5.74) is 5.68. The Kier molecular flexibility index (Phi) is 4.53. The zero-order valence-electron chi connectivity index (χ0n) is 16.8. The molecule has 0 unspecified atom stereocenters. The fraction of sp³-hybridized carbons (Fsp3) is 0.476. The van der Waals surface area contributed by atoms with Crippen molar-refractivity contribution in [1.82, 2.24) is 4.57 Å². The highest BCUT2D eigenvalue weighted by molar-refractivity contribution is 6.36. The van der Waals surface area contributed by atoms with Crippen molar-refractivity contribution >= 4 is 40.6 Å². The Morgan fingerprint density at radius 3 is 2.87 bits per heavy atom. The lowest BCUT2D eigenvalue weighted by atomic mass is 9.97. The average Bonchev–Trinajstić information content (AvgIpc) is 3.29. The van der Waals surface area contributed by atoms with E-state index in [1.165, 1.54) is 4.57 Å². The molecule has 1 aromatic heterocycles. The fourth-order valence-corrected chi connectivity index (χ4v) is 5.06. The van der Waals surface area contributed by atoms with Crippen LogP contribution in [0.4, 0.5) is 10.1 Å². The third-order valence-electron chi connectivity index (χ3n) is 6.73. The van der Waals surface area contributed by atoms with Crippen LogP contribution in [0.3, 0.4) is 0 Å². The van der Waals surface area contributed by atoms with Gasteiger partial charge in [0.2, 0.25) is 0 Å². The van der Waals surface area contributed by atoms with Crippen molar-refractivity contribution in [3.05, 3.63) is 32.8 Å². The summed E-state index contributed by atoms with van der Waals surface area (Å²) in [6.45, 7) is 2.98. The van der Waals surface area contributed by atoms with Crippen molar-refractivity contribution in [2.24, 2.45) is 11.7 Å². The Morgan fingerprint density at radius 1 is 1.45 bits per heavy atom. The molecule has 2 fully saturated rings. The molecule has 0 spiro atoms. The van der Waals surface area contributed by atoms with Gasteiger partial charge < -0.3 is 20.1 Å². The molecule has 2 aliphatic heterocycles. The third-order valence-corrected chi connectivity index (χ3v) is 7.10. The van der Waals surface area contributed by atoms with E-state index in [0.717, 1.165) is 25.3 Å². The second-order valence-electron chi connectivity index (χ2n) is 8.63. The van der Waals surface area contributed by atoms with Crippen molar-refractivity contribution in [1.29, 1.82) is 0 Å². The van der Waals surface area contributed by atoms with Gasteiger partial charge in [0.25, 0.3) is 5.56 Å². The van der Waals surface area contributed by atoms with Crippen molar-refractivity contribution in [2.45, 2.75) is 37.8 Å². The first kappa shape index (κ1) is 20.3. The SMILES string of the molecule is C[C@H]1COc2c(N3CC[C@@H](C4(N)CC4)C3)c(F)c(Cl)c3cc(C(=O)OC=O)c(=O)n1c23. The molecule has 0 radical (unpaired) electrons. The molecule has 1 aromatic carbocycles. The third kappa shape index (κ3) is 2.94. The van der Waals surface area contributed by atoms with Gasteiger partial charge in [0, 0.05) is 24.0 Å². The number of hydrogen-bond acceptors (Lipinski definition) is 7. The van der Waals surface area contributed by atoms with Crippen LogP contribution in [-0.4, -0.2) is 42.2 Å². The molecule has 1 saturated heterocycles. The van der Waals surface area contributed by atoms with Gasteiger partial charge in [-0.25, -0.2) is 9.18 Å². The highest BCUT2D eigenvalue weighted by Gasteiger charge is 2.48. The van der Waals surface area contributed by atoms with Crippen LogP contribution in [0.5, 0.6) is 5.75 Å². The molecule has 0 bridgehead atoms. The van der Waals surface area contributed by atoms with E-state index < -0.39 is 29.0 Å². The molecule has 1 saturated carbocycles. The molecule has 3 aliphatic rings. The minimum atomic E-state index is -1.12. The molecule has 5 rings (SSSR count). The Hall–Kier alpha value is -2.65. The number of esters is 1. The number of rotatable bonds is 4. The van der Waals surface area contributed by atoms with Gasteiger partial charge >= 0.3 is 12.4 Å². The van der Waals surface area contributed by atoms with Crippen LogP contribution < -0.4 is 20.9 Å². The molecule has 31 heavy (non-hydrogen) atoms. The monoisotopic (exact) mass is 449 g/mol.